The average Bonchev–Trinajstić information content (AvgIpc) is 3.09. The number of nitrogens with one attached hydrogen (secondary N) is 1. The highest BCUT2D eigenvalue weighted by Gasteiger charge is 2.41. The number of hydrogen-bond donors (Lipinski definition) is 2. The van der Waals surface area contributed by atoms with Crippen LogP contribution in [0.3, 0.4) is 0 Å². The van der Waals surface area contributed by atoms with Crippen LogP contribution in [-0.4, -0.2) is 33.4 Å². The number of carbonyl (C=O) groups is 1. The highest BCUT2D eigenvalue weighted by atomic mass is 19.1. The van der Waals surface area contributed by atoms with Crippen LogP contribution in [0.2, 0.25) is 0 Å². The van der Waals surface area contributed by atoms with E-state index in [1.54, 1.807) is 29.2 Å². The topological polar surface area (TPSA) is 76.2 Å². The Morgan fingerprint density at radius 1 is 1.13 bits per heavy atom. The van der Waals surface area contributed by atoms with Crippen LogP contribution in [0.15, 0.2) is 48.5 Å². The monoisotopic (exact) mass is 411 g/mol. The van der Waals surface area contributed by atoms with E-state index >= 15 is 0 Å². The van der Waals surface area contributed by atoms with Gasteiger partial charge in [-0.1, -0.05) is 12.1 Å². The molecule has 156 valence electrons. The van der Waals surface area contributed by atoms with Gasteiger partial charge in [0.2, 0.25) is 5.91 Å². The minimum absolute atomic E-state index is 0.0818. The number of anilines is 2. The van der Waals surface area contributed by atoms with Crippen LogP contribution in [0.5, 0.6) is 0 Å². The third kappa shape index (κ3) is 3.43. The molecule has 3 N–H and O–H groups in total. The molecule has 0 spiro atoms. The molecule has 0 radical (unpaired) electrons. The van der Waals surface area contributed by atoms with Gasteiger partial charge in [-0.15, -0.1) is 0 Å². The zero-order valence-electron chi connectivity index (χ0n) is 16.8. The molecule has 1 aliphatic rings. The van der Waals surface area contributed by atoms with E-state index in [4.69, 9.17) is 10.7 Å². The second-order valence-electron chi connectivity index (χ2n) is 7.74. The quantitative estimate of drug-likeness (QED) is 0.688. The largest absolute Gasteiger partial charge is 0.340 e. The summed E-state index contributed by atoms with van der Waals surface area (Å²) in [6.07, 6.45) is 0. The van der Waals surface area contributed by atoms with Crippen molar-refractivity contribution in [2.75, 3.05) is 18.4 Å². The summed E-state index contributed by atoms with van der Waals surface area (Å²) in [5.41, 5.74) is 6.73. The summed E-state index contributed by atoms with van der Waals surface area (Å²) in [5, 5.41) is 3.30. The number of nitrogens with zero attached hydrogens (tertiary/aromatic N) is 3. The first-order valence-corrected chi connectivity index (χ1v) is 9.71. The molecule has 1 aliphatic heterocycles. The fourth-order valence-corrected chi connectivity index (χ4v) is 3.92. The van der Waals surface area contributed by atoms with Gasteiger partial charge < -0.3 is 20.5 Å². The lowest BCUT2D eigenvalue weighted by Crippen LogP contribution is -2.53. The van der Waals surface area contributed by atoms with Crippen LogP contribution >= 0.6 is 0 Å². The first-order chi connectivity index (χ1) is 14.3. The molecule has 1 aromatic heterocycles. The number of rotatable bonds is 4. The van der Waals surface area contributed by atoms with Gasteiger partial charge >= 0.3 is 0 Å². The van der Waals surface area contributed by atoms with Crippen molar-refractivity contribution in [2.45, 2.75) is 25.9 Å². The van der Waals surface area contributed by atoms with Crippen molar-refractivity contribution in [3.8, 4) is 11.3 Å². The number of fused-ring (bicyclic) bond motifs is 1. The number of amides is 1. The number of benzene rings is 2. The van der Waals surface area contributed by atoms with Crippen molar-refractivity contribution < 1.29 is 13.6 Å². The average molecular weight is 411 g/mol. The molecule has 0 saturated carbocycles. The Morgan fingerprint density at radius 3 is 2.53 bits per heavy atom. The fourth-order valence-electron chi connectivity index (χ4n) is 3.92. The van der Waals surface area contributed by atoms with E-state index in [0.717, 1.165) is 0 Å². The van der Waals surface area contributed by atoms with Gasteiger partial charge in [-0.3, -0.25) is 4.79 Å². The predicted molar refractivity (Wildman–Crippen MR) is 111 cm³/mol. The minimum atomic E-state index is -0.709. The van der Waals surface area contributed by atoms with Crippen LogP contribution in [-0.2, 0) is 16.9 Å². The number of hydrogen-bond acceptors (Lipinski definition) is 4. The maximum Gasteiger partial charge on any atom is 0.237 e. The van der Waals surface area contributed by atoms with Crippen LogP contribution in [0, 0.1) is 11.6 Å². The summed E-state index contributed by atoms with van der Waals surface area (Å²) in [5.74, 6) is 0.466. The molecule has 0 bridgehead atoms. The molecule has 0 atom stereocenters. The third-order valence-corrected chi connectivity index (χ3v) is 5.42. The van der Waals surface area contributed by atoms with Gasteiger partial charge in [0.15, 0.2) is 0 Å². The molecule has 4 rings (SSSR count). The Balaban J connectivity index is 1.87. The molecule has 0 fully saturated rings. The molecule has 8 heteroatoms. The first kappa shape index (κ1) is 20.0. The molecule has 3 aromatic rings. The van der Waals surface area contributed by atoms with E-state index in [1.807, 2.05) is 18.4 Å². The number of aromatic nitrogens is 2. The number of imidazole rings is 1. The van der Waals surface area contributed by atoms with Gasteiger partial charge in [-0.2, -0.15) is 0 Å². The fraction of sp³-hybridized carbons (Fsp3) is 0.273. The first-order valence-electron chi connectivity index (χ1n) is 9.71. The maximum absolute atomic E-state index is 13.9. The molecule has 30 heavy (non-hydrogen) atoms. The lowest BCUT2D eigenvalue weighted by atomic mass is 9.99. The maximum atomic E-state index is 13.9. The zero-order valence-corrected chi connectivity index (χ0v) is 16.8. The molecule has 2 aromatic carbocycles. The zero-order chi connectivity index (χ0) is 21.5. The highest BCUT2D eigenvalue weighted by Crippen LogP contribution is 2.39. The Labute approximate surface area is 173 Å². The van der Waals surface area contributed by atoms with Crippen molar-refractivity contribution in [3.63, 3.8) is 0 Å². The summed E-state index contributed by atoms with van der Waals surface area (Å²) in [7, 11) is 0. The number of carbonyl (C=O) groups excluding carboxylic acids is 1. The van der Waals surface area contributed by atoms with Gasteiger partial charge in [-0.05, 0) is 50.2 Å². The van der Waals surface area contributed by atoms with E-state index in [9.17, 15) is 13.6 Å². The lowest BCUT2D eigenvalue weighted by molar-refractivity contribution is -0.137. The van der Waals surface area contributed by atoms with Crippen molar-refractivity contribution in [2.24, 2.45) is 5.73 Å². The summed E-state index contributed by atoms with van der Waals surface area (Å²) in [6.45, 7) is 4.70. The third-order valence-electron chi connectivity index (χ3n) is 5.42. The molecule has 0 unspecified atom stereocenters. The Kier molecular flexibility index (Phi) is 5.03. The molecule has 6 nitrogen and oxygen atoms in total. The second kappa shape index (κ2) is 7.53. The molecule has 1 amide bonds. The SMILES string of the molecule is CC1(C)c2nc(-c3cccc(F)c3)c(Nc3ccc(F)cc3)n2CCN1C(=O)CN. The second-order valence-corrected chi connectivity index (χ2v) is 7.74. The van der Waals surface area contributed by atoms with Crippen molar-refractivity contribution >= 4 is 17.4 Å². The Bertz CT molecular complexity index is 1090. The van der Waals surface area contributed by atoms with Gasteiger partial charge in [0.25, 0.3) is 0 Å². The van der Waals surface area contributed by atoms with Gasteiger partial charge in [0.1, 0.15) is 29.0 Å². The standard InChI is InChI=1S/C22H23F2N5O/c1-22(2)21-27-19(14-4-3-5-16(24)12-14)20(26-17-8-6-15(23)7-9-17)28(21)10-11-29(22)18(30)13-25/h3-9,12,26H,10-11,13,25H2,1-2H3. The Morgan fingerprint density at radius 2 is 1.87 bits per heavy atom. The van der Waals surface area contributed by atoms with E-state index in [0.29, 0.717) is 41.7 Å². The van der Waals surface area contributed by atoms with Gasteiger partial charge in [0, 0.05) is 24.3 Å². The lowest BCUT2D eigenvalue weighted by Gasteiger charge is -2.42. The van der Waals surface area contributed by atoms with Crippen LogP contribution in [0.4, 0.5) is 20.3 Å². The van der Waals surface area contributed by atoms with Crippen molar-refractivity contribution in [1.82, 2.24) is 14.5 Å². The molecular formula is C22H23F2N5O. The van der Waals surface area contributed by atoms with Crippen LogP contribution < -0.4 is 11.1 Å². The Hall–Kier alpha value is -3.26. The van der Waals surface area contributed by atoms with E-state index in [2.05, 4.69) is 5.32 Å². The summed E-state index contributed by atoms with van der Waals surface area (Å²) in [4.78, 5) is 18.9. The molecular weight excluding hydrogens is 388 g/mol. The summed E-state index contributed by atoms with van der Waals surface area (Å²) in [6, 6.07) is 12.2. The van der Waals surface area contributed by atoms with E-state index in [1.165, 1.54) is 24.3 Å². The van der Waals surface area contributed by atoms with Crippen molar-refractivity contribution in [1.29, 1.82) is 0 Å². The highest BCUT2D eigenvalue weighted by molar-refractivity contribution is 5.80. The summed E-state index contributed by atoms with van der Waals surface area (Å²) < 4.78 is 29.3. The predicted octanol–water partition coefficient (Wildman–Crippen LogP) is 3.61. The number of halogens is 2. The van der Waals surface area contributed by atoms with Crippen LogP contribution in [0.1, 0.15) is 19.7 Å². The van der Waals surface area contributed by atoms with Gasteiger partial charge in [0.05, 0.1) is 12.1 Å². The van der Waals surface area contributed by atoms with Crippen molar-refractivity contribution in [3.05, 3.63) is 66.0 Å². The van der Waals surface area contributed by atoms with E-state index in [-0.39, 0.29) is 24.1 Å². The minimum Gasteiger partial charge on any atom is -0.340 e. The molecule has 0 saturated heterocycles. The van der Waals surface area contributed by atoms with E-state index < -0.39 is 5.54 Å². The van der Waals surface area contributed by atoms with Crippen LogP contribution in [0.25, 0.3) is 11.3 Å². The molecule has 0 aliphatic carbocycles. The number of nitrogens with two attached hydrogens (primary N) is 1. The molecule has 2 heterocycles. The van der Waals surface area contributed by atoms with Gasteiger partial charge in [-0.25, -0.2) is 13.8 Å². The normalized spacial score (nSPS) is 15.0. The summed E-state index contributed by atoms with van der Waals surface area (Å²) >= 11 is 0. The smallest absolute Gasteiger partial charge is 0.237 e.